The van der Waals surface area contributed by atoms with Crippen LogP contribution in [0.25, 0.3) is 0 Å². The lowest BCUT2D eigenvalue weighted by atomic mass is 9.77. The fourth-order valence-corrected chi connectivity index (χ4v) is 9.71. The van der Waals surface area contributed by atoms with E-state index in [2.05, 4.69) is 49.9 Å². The summed E-state index contributed by atoms with van der Waals surface area (Å²) in [5.74, 6) is 0.318. The molecule has 8 atom stereocenters. The molecule has 6 aliphatic rings. The number of amides is 2. The first kappa shape index (κ1) is 36.5. The van der Waals surface area contributed by atoms with Gasteiger partial charge in [0.2, 0.25) is 11.8 Å². The van der Waals surface area contributed by atoms with Gasteiger partial charge in [0.15, 0.2) is 0 Å². The maximum Gasteiger partial charge on any atom is 0.233 e. The van der Waals surface area contributed by atoms with E-state index < -0.39 is 36.0 Å². The summed E-state index contributed by atoms with van der Waals surface area (Å²) in [5, 5.41) is 13.4. The monoisotopic (exact) mass is 688 g/mol. The minimum atomic E-state index is -1.19. The summed E-state index contributed by atoms with van der Waals surface area (Å²) in [5.41, 5.74) is 7.49. The molecular weight excluding hydrogens is 626 g/mol. The summed E-state index contributed by atoms with van der Waals surface area (Å²) >= 11 is 0. The highest BCUT2D eigenvalue weighted by Crippen LogP contribution is 2.36. The van der Waals surface area contributed by atoms with Crippen LogP contribution in [-0.2, 0) is 9.59 Å². The molecule has 0 spiro atoms. The number of nitrogens with two attached hydrogens (primary N) is 1. The van der Waals surface area contributed by atoms with Crippen molar-refractivity contribution >= 4 is 11.8 Å². The summed E-state index contributed by atoms with van der Waals surface area (Å²) in [6.07, 6.45) is 9.50. The Hall–Kier alpha value is -2.28. The van der Waals surface area contributed by atoms with Gasteiger partial charge in [0.1, 0.15) is 18.3 Å². The molecule has 49 heavy (non-hydrogen) atoms. The number of carbonyl (C=O) groups excluding carboxylic acids is 2. The van der Waals surface area contributed by atoms with E-state index in [0.29, 0.717) is 56.4 Å². The highest BCUT2D eigenvalue weighted by atomic mass is 19.1. The van der Waals surface area contributed by atoms with Gasteiger partial charge in [-0.2, -0.15) is 0 Å². The number of nitrogens with one attached hydrogen (secondary N) is 4. The molecule has 0 saturated carbocycles. The quantitative estimate of drug-likeness (QED) is 0.277. The second-order valence-electron chi connectivity index (χ2n) is 16.0. The molecule has 4 saturated heterocycles. The fourth-order valence-electron chi connectivity index (χ4n) is 9.71. The van der Waals surface area contributed by atoms with Gasteiger partial charge < -0.3 is 36.8 Å². The van der Waals surface area contributed by atoms with E-state index in [1.165, 1.54) is 0 Å². The molecule has 0 aromatic rings. The number of halogens is 2. The molecule has 0 radical (unpaired) electrons. The van der Waals surface area contributed by atoms with Gasteiger partial charge in [-0.1, -0.05) is 38.3 Å². The van der Waals surface area contributed by atoms with Crippen molar-refractivity contribution in [3.63, 3.8) is 0 Å². The summed E-state index contributed by atoms with van der Waals surface area (Å²) < 4.78 is 31.3. The van der Waals surface area contributed by atoms with E-state index in [0.717, 1.165) is 76.8 Å². The SMILES string of the molecule is CCCCC1(NC(=O)C2/C3=C/CCCCC/C(=C/CC(F)CN3)NC2N)CNCC(F)C1N1CCC(C(=O)N2CC3CN(C)CC3C2)CC1. The topological polar surface area (TPSA) is 118 Å². The minimum Gasteiger partial charge on any atom is -0.385 e. The Balaban J connectivity index is 1.20. The van der Waals surface area contributed by atoms with E-state index in [1.807, 2.05) is 12.2 Å². The second-order valence-corrected chi connectivity index (χ2v) is 16.0. The molecule has 0 aromatic carbocycles. The van der Waals surface area contributed by atoms with Crippen LogP contribution in [0.2, 0.25) is 0 Å². The molecule has 0 aliphatic carbocycles. The number of carbonyl (C=O) groups is 2. The van der Waals surface area contributed by atoms with E-state index >= 15 is 4.39 Å². The Morgan fingerprint density at radius 3 is 2.53 bits per heavy atom. The number of nitrogens with zero attached hydrogens (tertiary/aromatic N) is 3. The lowest BCUT2D eigenvalue weighted by molar-refractivity contribution is -0.137. The van der Waals surface area contributed by atoms with Crippen molar-refractivity contribution in [2.75, 3.05) is 66.0 Å². The molecule has 4 fully saturated rings. The van der Waals surface area contributed by atoms with Crippen LogP contribution in [-0.4, -0.2) is 123 Å². The van der Waals surface area contributed by atoms with Gasteiger partial charge in [0, 0.05) is 69.5 Å². The Kier molecular flexibility index (Phi) is 12.2. The van der Waals surface area contributed by atoms with Crippen molar-refractivity contribution in [2.24, 2.45) is 29.4 Å². The van der Waals surface area contributed by atoms with E-state index in [1.54, 1.807) is 0 Å². The summed E-state index contributed by atoms with van der Waals surface area (Å²) in [4.78, 5) is 35.0. The second kappa shape index (κ2) is 16.4. The largest absolute Gasteiger partial charge is 0.385 e. The van der Waals surface area contributed by atoms with E-state index in [-0.39, 0.29) is 37.2 Å². The van der Waals surface area contributed by atoms with Crippen LogP contribution in [0.3, 0.4) is 0 Å². The van der Waals surface area contributed by atoms with Gasteiger partial charge in [-0.25, -0.2) is 8.78 Å². The Labute approximate surface area is 292 Å². The molecule has 6 rings (SSSR count). The first-order valence-electron chi connectivity index (χ1n) is 19.3. The lowest BCUT2D eigenvalue weighted by Gasteiger charge is -2.53. The molecule has 2 bridgehead atoms. The average Bonchev–Trinajstić information content (AvgIpc) is 3.63. The molecule has 6 heterocycles. The number of unbranched alkanes of at least 4 members (excludes halogenated alkanes) is 1. The third kappa shape index (κ3) is 8.45. The van der Waals surface area contributed by atoms with Crippen LogP contribution in [0.4, 0.5) is 8.78 Å². The summed E-state index contributed by atoms with van der Waals surface area (Å²) in [6, 6.07) is -0.529. The first-order chi connectivity index (χ1) is 23.7. The highest BCUT2D eigenvalue weighted by molar-refractivity contribution is 5.83. The van der Waals surface area contributed by atoms with Crippen LogP contribution in [0, 0.1) is 23.7 Å². The van der Waals surface area contributed by atoms with E-state index in [4.69, 9.17) is 5.73 Å². The zero-order valence-electron chi connectivity index (χ0n) is 29.9. The van der Waals surface area contributed by atoms with Crippen molar-refractivity contribution < 1.29 is 18.4 Å². The summed E-state index contributed by atoms with van der Waals surface area (Å²) in [7, 11) is 2.16. The van der Waals surface area contributed by atoms with Crippen molar-refractivity contribution in [3.8, 4) is 0 Å². The van der Waals surface area contributed by atoms with Crippen LogP contribution < -0.4 is 27.0 Å². The number of hydrogen-bond donors (Lipinski definition) is 5. The molecular formula is C37H62F2N8O2. The molecule has 8 unspecified atom stereocenters. The molecule has 2 amide bonds. The van der Waals surface area contributed by atoms with Crippen molar-refractivity contribution in [1.82, 2.24) is 36.0 Å². The highest BCUT2D eigenvalue weighted by Gasteiger charge is 2.52. The number of piperidine rings is 2. The van der Waals surface area contributed by atoms with Gasteiger partial charge in [-0.05, 0) is 76.9 Å². The third-order valence-corrected chi connectivity index (χ3v) is 12.3. The van der Waals surface area contributed by atoms with Gasteiger partial charge in [-0.15, -0.1) is 0 Å². The van der Waals surface area contributed by atoms with Crippen LogP contribution in [0.5, 0.6) is 0 Å². The number of allylic oxidation sites excluding steroid dienone is 3. The fraction of sp³-hybridized carbons (Fsp3) is 0.838. The number of fused-ring (bicyclic) bond motifs is 5. The molecule has 10 nitrogen and oxygen atoms in total. The Bertz CT molecular complexity index is 1200. The maximum atomic E-state index is 16.4. The standard InChI is InChI=1S/C37H62F2N8O2/c1-3-4-15-37(44-35(48)32-31-10-8-6-5-7-9-29(43-34(32)40)12-11-28(38)18-42-31)24-41-19-30(39)33(37)46-16-13-25(14-17-46)36(49)47-22-26-20-45(2)21-27(26)23-47/h10,12,25-28,30,32-34,41-43H,3-9,11,13-24,40H2,1-2H3,(H,44,48)/b29-12-,31-10-. The van der Waals surface area contributed by atoms with Gasteiger partial charge in [0.25, 0.3) is 0 Å². The summed E-state index contributed by atoms with van der Waals surface area (Å²) in [6.45, 7) is 7.98. The first-order valence-corrected chi connectivity index (χ1v) is 19.3. The lowest BCUT2D eigenvalue weighted by Crippen LogP contribution is -2.75. The third-order valence-electron chi connectivity index (χ3n) is 12.3. The van der Waals surface area contributed by atoms with Crippen LogP contribution in [0.15, 0.2) is 23.5 Å². The Morgan fingerprint density at radius 2 is 1.80 bits per heavy atom. The maximum absolute atomic E-state index is 16.4. The Morgan fingerprint density at radius 1 is 1.04 bits per heavy atom. The molecule has 276 valence electrons. The molecule has 12 heteroatoms. The van der Waals surface area contributed by atoms with E-state index in [9.17, 15) is 14.0 Å². The number of likely N-dealkylation sites (tertiary alicyclic amines) is 3. The van der Waals surface area contributed by atoms with Gasteiger partial charge in [-0.3, -0.25) is 14.5 Å². The molecule has 0 aromatic heterocycles. The van der Waals surface area contributed by atoms with Gasteiger partial charge >= 0.3 is 0 Å². The van der Waals surface area contributed by atoms with Crippen molar-refractivity contribution in [1.29, 1.82) is 0 Å². The smallest absolute Gasteiger partial charge is 0.233 e. The predicted molar refractivity (Wildman–Crippen MR) is 189 cm³/mol. The molecule has 6 aliphatic heterocycles. The van der Waals surface area contributed by atoms with Crippen LogP contribution >= 0.6 is 0 Å². The number of hydrogen-bond acceptors (Lipinski definition) is 8. The number of alkyl halides is 2. The zero-order valence-corrected chi connectivity index (χ0v) is 29.9. The van der Waals surface area contributed by atoms with Gasteiger partial charge in [0.05, 0.1) is 17.7 Å². The average molecular weight is 689 g/mol. The zero-order chi connectivity index (χ0) is 34.5. The normalized spacial score (nSPS) is 39.1. The predicted octanol–water partition coefficient (Wildman–Crippen LogP) is 2.63. The number of rotatable bonds is 7. The molecule has 6 N–H and O–H groups in total. The minimum absolute atomic E-state index is 0.0396. The van der Waals surface area contributed by atoms with Crippen molar-refractivity contribution in [3.05, 3.63) is 23.5 Å². The van der Waals surface area contributed by atoms with Crippen molar-refractivity contribution in [2.45, 2.75) is 108 Å². The van der Waals surface area contributed by atoms with Crippen LogP contribution in [0.1, 0.15) is 77.6 Å².